The first-order valence-corrected chi connectivity index (χ1v) is 8.89. The summed E-state index contributed by atoms with van der Waals surface area (Å²) in [5.74, 6) is -0.122. The van der Waals surface area contributed by atoms with Crippen LogP contribution in [0.4, 0.5) is 0 Å². The van der Waals surface area contributed by atoms with E-state index in [0.29, 0.717) is 11.6 Å². The number of aliphatic carboxylic acids is 1. The minimum absolute atomic E-state index is 0.0507. The van der Waals surface area contributed by atoms with E-state index in [1.54, 1.807) is 0 Å². The zero-order valence-electron chi connectivity index (χ0n) is 14.1. The molecule has 0 radical (unpaired) electrons. The van der Waals surface area contributed by atoms with Crippen LogP contribution in [0.3, 0.4) is 0 Å². The maximum Gasteiger partial charge on any atom is 0.313 e. The van der Waals surface area contributed by atoms with Gasteiger partial charge >= 0.3 is 5.97 Å². The van der Waals surface area contributed by atoms with E-state index in [-0.39, 0.29) is 5.75 Å². The van der Waals surface area contributed by atoms with Crippen molar-refractivity contribution in [3.05, 3.63) is 53.1 Å². The summed E-state index contributed by atoms with van der Waals surface area (Å²) < 4.78 is 1.93. The lowest BCUT2D eigenvalue weighted by atomic mass is 10.1. The molecule has 0 bridgehead atoms. The van der Waals surface area contributed by atoms with Gasteiger partial charge < -0.3 is 5.11 Å². The van der Waals surface area contributed by atoms with E-state index < -0.39 is 5.97 Å². The van der Waals surface area contributed by atoms with Crippen LogP contribution in [0.1, 0.15) is 22.8 Å². The third-order valence-electron chi connectivity index (χ3n) is 3.92. The van der Waals surface area contributed by atoms with E-state index >= 15 is 0 Å². The van der Waals surface area contributed by atoms with Gasteiger partial charge in [-0.05, 0) is 38.0 Å². The number of nitrogens with one attached hydrogen (secondary N) is 1. The Bertz CT molecular complexity index is 853. The molecular weight excluding hydrogens is 338 g/mol. The van der Waals surface area contributed by atoms with Crippen molar-refractivity contribution < 1.29 is 9.90 Å². The Morgan fingerprint density at radius 2 is 1.96 bits per heavy atom. The Morgan fingerprint density at radius 1 is 1.20 bits per heavy atom. The van der Waals surface area contributed by atoms with Gasteiger partial charge in [0.1, 0.15) is 5.82 Å². The standard InChI is InChI=1S/C17H19N5O2S/c1-11-14(12(2)19-18-11)8-9-15-20-21-17(25-10-16(23)24)22(15)13-6-4-3-5-7-13/h3-7H,8-10H2,1-2H3,(H,18,19)(H,23,24). The van der Waals surface area contributed by atoms with Crippen LogP contribution in [0.2, 0.25) is 0 Å². The molecule has 0 atom stereocenters. The Labute approximate surface area is 149 Å². The first-order valence-electron chi connectivity index (χ1n) is 7.91. The summed E-state index contributed by atoms with van der Waals surface area (Å²) in [4.78, 5) is 10.9. The lowest BCUT2D eigenvalue weighted by Crippen LogP contribution is -2.06. The van der Waals surface area contributed by atoms with Gasteiger partial charge in [-0.3, -0.25) is 14.5 Å². The van der Waals surface area contributed by atoms with Crippen molar-refractivity contribution in [1.29, 1.82) is 0 Å². The van der Waals surface area contributed by atoms with E-state index in [9.17, 15) is 4.79 Å². The van der Waals surface area contributed by atoms with Crippen molar-refractivity contribution in [3.8, 4) is 5.69 Å². The number of hydrogen-bond acceptors (Lipinski definition) is 5. The zero-order chi connectivity index (χ0) is 17.8. The van der Waals surface area contributed by atoms with Crippen molar-refractivity contribution in [1.82, 2.24) is 25.0 Å². The minimum atomic E-state index is -0.876. The lowest BCUT2D eigenvalue weighted by Gasteiger charge is -2.10. The molecule has 8 heteroatoms. The summed E-state index contributed by atoms with van der Waals surface area (Å²) >= 11 is 1.17. The highest BCUT2D eigenvalue weighted by molar-refractivity contribution is 7.99. The maximum absolute atomic E-state index is 10.9. The van der Waals surface area contributed by atoms with Gasteiger partial charge in [-0.1, -0.05) is 30.0 Å². The number of H-pyrrole nitrogens is 1. The number of carbonyl (C=O) groups is 1. The molecule has 7 nitrogen and oxygen atoms in total. The van der Waals surface area contributed by atoms with Crippen molar-refractivity contribution in [2.75, 3.05) is 5.75 Å². The molecule has 0 unspecified atom stereocenters. The fraction of sp³-hybridized carbons (Fsp3) is 0.294. The topological polar surface area (TPSA) is 96.7 Å². The van der Waals surface area contributed by atoms with Gasteiger partial charge in [0.2, 0.25) is 0 Å². The van der Waals surface area contributed by atoms with Crippen LogP contribution in [-0.4, -0.2) is 41.8 Å². The van der Waals surface area contributed by atoms with Gasteiger partial charge in [0.25, 0.3) is 0 Å². The summed E-state index contributed by atoms with van der Waals surface area (Å²) in [6, 6.07) is 9.75. The highest BCUT2D eigenvalue weighted by atomic mass is 32.2. The molecule has 0 fully saturated rings. The number of rotatable bonds is 7. The van der Waals surface area contributed by atoms with Crippen LogP contribution >= 0.6 is 11.8 Å². The molecule has 25 heavy (non-hydrogen) atoms. The smallest absolute Gasteiger partial charge is 0.313 e. The van der Waals surface area contributed by atoms with Crippen molar-refractivity contribution in [2.45, 2.75) is 31.8 Å². The number of nitrogens with zero attached hydrogens (tertiary/aromatic N) is 4. The Kier molecular flexibility index (Phi) is 5.18. The normalized spacial score (nSPS) is 11.0. The summed E-state index contributed by atoms with van der Waals surface area (Å²) in [6.45, 7) is 3.99. The molecule has 2 aromatic heterocycles. The fourth-order valence-corrected chi connectivity index (χ4v) is 3.39. The number of carboxylic acid groups (broad SMARTS) is 1. The first kappa shape index (κ1) is 17.2. The predicted octanol–water partition coefficient (Wildman–Crippen LogP) is 2.57. The van der Waals surface area contributed by atoms with E-state index in [1.807, 2.05) is 48.7 Å². The van der Waals surface area contributed by atoms with Crippen molar-refractivity contribution in [3.63, 3.8) is 0 Å². The Hall–Kier alpha value is -2.61. The van der Waals surface area contributed by atoms with Crippen LogP contribution in [0, 0.1) is 13.8 Å². The van der Waals surface area contributed by atoms with Gasteiger partial charge in [-0.25, -0.2) is 0 Å². The number of para-hydroxylation sites is 1. The molecule has 3 rings (SSSR count). The average Bonchev–Trinajstić information content (AvgIpc) is 3.15. The SMILES string of the molecule is Cc1n[nH]c(C)c1CCc1nnc(SCC(=O)O)n1-c1ccccc1. The quantitative estimate of drug-likeness (QED) is 0.631. The van der Waals surface area contributed by atoms with E-state index in [2.05, 4.69) is 20.4 Å². The number of aryl methyl sites for hydroxylation is 3. The molecule has 2 N–H and O–H groups in total. The molecule has 3 aromatic rings. The second-order valence-corrected chi connectivity index (χ2v) is 6.61. The van der Waals surface area contributed by atoms with E-state index in [1.165, 1.54) is 17.3 Å². The van der Waals surface area contributed by atoms with Crippen LogP contribution < -0.4 is 0 Å². The Morgan fingerprint density at radius 3 is 2.60 bits per heavy atom. The molecule has 0 saturated carbocycles. The van der Waals surface area contributed by atoms with Crippen molar-refractivity contribution in [2.24, 2.45) is 0 Å². The van der Waals surface area contributed by atoms with E-state index in [4.69, 9.17) is 5.11 Å². The number of benzene rings is 1. The molecule has 0 aliphatic rings. The third-order valence-corrected chi connectivity index (χ3v) is 4.83. The Balaban J connectivity index is 1.89. The average molecular weight is 357 g/mol. The monoisotopic (exact) mass is 357 g/mol. The van der Waals surface area contributed by atoms with Crippen LogP contribution in [0.25, 0.3) is 5.69 Å². The minimum Gasteiger partial charge on any atom is -0.481 e. The van der Waals surface area contributed by atoms with Crippen molar-refractivity contribution >= 4 is 17.7 Å². The number of aromatic amines is 1. The molecule has 0 aliphatic heterocycles. The number of aromatic nitrogens is 5. The van der Waals surface area contributed by atoms with Gasteiger partial charge in [0, 0.05) is 17.8 Å². The largest absolute Gasteiger partial charge is 0.481 e. The van der Waals surface area contributed by atoms with Gasteiger partial charge in [0.05, 0.1) is 11.4 Å². The zero-order valence-corrected chi connectivity index (χ0v) is 14.9. The molecule has 0 spiro atoms. The van der Waals surface area contributed by atoms with Gasteiger partial charge in [-0.2, -0.15) is 5.10 Å². The molecule has 1 aromatic carbocycles. The summed E-state index contributed by atoms with van der Waals surface area (Å²) in [5.41, 5.74) is 4.16. The van der Waals surface area contributed by atoms with Crippen LogP contribution in [-0.2, 0) is 17.6 Å². The molecule has 0 saturated heterocycles. The molecule has 2 heterocycles. The maximum atomic E-state index is 10.9. The lowest BCUT2D eigenvalue weighted by molar-refractivity contribution is -0.133. The van der Waals surface area contributed by atoms with Gasteiger partial charge in [0.15, 0.2) is 5.16 Å². The summed E-state index contributed by atoms with van der Waals surface area (Å²) in [5, 5.41) is 25.2. The summed E-state index contributed by atoms with van der Waals surface area (Å²) in [7, 11) is 0. The highest BCUT2D eigenvalue weighted by Crippen LogP contribution is 2.23. The fourth-order valence-electron chi connectivity index (χ4n) is 2.70. The van der Waals surface area contributed by atoms with Crippen LogP contribution in [0.5, 0.6) is 0 Å². The first-order chi connectivity index (χ1) is 12.1. The van der Waals surface area contributed by atoms with Crippen LogP contribution in [0.15, 0.2) is 35.5 Å². The third kappa shape index (κ3) is 3.90. The molecule has 0 amide bonds. The van der Waals surface area contributed by atoms with E-state index in [0.717, 1.165) is 29.3 Å². The molecular formula is C17H19N5O2S. The number of carboxylic acids is 1. The number of hydrogen-bond donors (Lipinski definition) is 2. The molecule has 130 valence electrons. The number of thioether (sulfide) groups is 1. The predicted molar refractivity (Wildman–Crippen MR) is 95.2 cm³/mol. The highest BCUT2D eigenvalue weighted by Gasteiger charge is 2.16. The second-order valence-electron chi connectivity index (χ2n) is 5.66. The van der Waals surface area contributed by atoms with Gasteiger partial charge in [-0.15, -0.1) is 10.2 Å². The second kappa shape index (κ2) is 7.52. The molecule has 0 aliphatic carbocycles. The summed E-state index contributed by atoms with van der Waals surface area (Å²) in [6.07, 6.45) is 1.49.